The Bertz CT molecular complexity index is 461. The second-order valence-corrected chi connectivity index (χ2v) is 4.82. The molecule has 4 heteroatoms. The van der Waals surface area contributed by atoms with Gasteiger partial charge in [0, 0.05) is 0 Å². The van der Waals surface area contributed by atoms with Crippen LogP contribution in [0.1, 0.15) is 30.2 Å². The lowest BCUT2D eigenvalue weighted by Gasteiger charge is -2.09. The third kappa shape index (κ3) is 2.89. The summed E-state index contributed by atoms with van der Waals surface area (Å²) in [5, 5.41) is 3.35. The zero-order valence-corrected chi connectivity index (χ0v) is 11.4. The van der Waals surface area contributed by atoms with Crippen LogP contribution in [0.3, 0.4) is 0 Å². The molecule has 0 amide bonds. The Balaban J connectivity index is 1.91. The summed E-state index contributed by atoms with van der Waals surface area (Å²) in [5.74, 6) is 2.84. The van der Waals surface area contributed by atoms with Crippen molar-refractivity contribution in [2.75, 3.05) is 0 Å². The summed E-state index contributed by atoms with van der Waals surface area (Å²) in [7, 11) is 0. The van der Waals surface area contributed by atoms with Crippen LogP contribution in [0.2, 0.25) is 0 Å². The Kier molecular flexibility index (Phi) is 3.70. The van der Waals surface area contributed by atoms with Crippen LogP contribution in [0.15, 0.2) is 33.1 Å². The van der Waals surface area contributed by atoms with Gasteiger partial charge in [0.25, 0.3) is 0 Å². The molecule has 0 spiro atoms. The highest BCUT2D eigenvalue weighted by Crippen LogP contribution is 2.17. The molecule has 0 aliphatic heterocycles. The van der Waals surface area contributed by atoms with Crippen molar-refractivity contribution >= 4 is 22.6 Å². The third-order valence-corrected chi connectivity index (χ3v) is 2.98. The van der Waals surface area contributed by atoms with Crippen molar-refractivity contribution in [1.82, 2.24) is 5.32 Å². The Morgan fingerprint density at radius 2 is 2.06 bits per heavy atom. The van der Waals surface area contributed by atoms with E-state index in [1.807, 2.05) is 31.2 Å². The van der Waals surface area contributed by atoms with Gasteiger partial charge in [-0.2, -0.15) is 0 Å². The second kappa shape index (κ2) is 5.05. The molecule has 0 bridgehead atoms. The maximum absolute atomic E-state index is 5.54. The molecule has 86 valence electrons. The molecule has 3 nitrogen and oxygen atoms in total. The molecule has 2 rings (SSSR count). The molecule has 1 unspecified atom stereocenters. The van der Waals surface area contributed by atoms with Gasteiger partial charge in [0.2, 0.25) is 0 Å². The fourth-order valence-electron chi connectivity index (χ4n) is 1.49. The number of aryl methyl sites for hydroxylation is 1. The predicted octanol–water partition coefficient (Wildman–Crippen LogP) is 3.64. The lowest BCUT2D eigenvalue weighted by atomic mass is 10.2. The van der Waals surface area contributed by atoms with Gasteiger partial charge in [-0.15, -0.1) is 0 Å². The van der Waals surface area contributed by atoms with Gasteiger partial charge in [-0.1, -0.05) is 0 Å². The normalized spacial score (nSPS) is 12.9. The fourth-order valence-corrected chi connectivity index (χ4v) is 1.95. The number of halogens is 1. The summed E-state index contributed by atoms with van der Waals surface area (Å²) in [4.78, 5) is 0. The summed E-state index contributed by atoms with van der Waals surface area (Å²) in [6.45, 7) is 4.74. The standard InChI is InChI=1S/C12H14INO2/c1-8-3-5-11(15-8)9(2)14-7-10-4-6-12(13)16-10/h3-6,9,14H,7H2,1-2H3. The van der Waals surface area contributed by atoms with E-state index in [0.29, 0.717) is 6.54 Å². The van der Waals surface area contributed by atoms with Gasteiger partial charge in [-0.05, 0) is 60.7 Å². The van der Waals surface area contributed by atoms with Gasteiger partial charge >= 0.3 is 0 Å². The quantitative estimate of drug-likeness (QED) is 0.870. The summed E-state index contributed by atoms with van der Waals surface area (Å²) in [6.07, 6.45) is 0. The van der Waals surface area contributed by atoms with E-state index in [1.54, 1.807) is 0 Å². The topological polar surface area (TPSA) is 38.3 Å². The van der Waals surface area contributed by atoms with Crippen molar-refractivity contribution in [2.24, 2.45) is 0 Å². The predicted molar refractivity (Wildman–Crippen MR) is 70.1 cm³/mol. The van der Waals surface area contributed by atoms with Crippen LogP contribution in [0.4, 0.5) is 0 Å². The lowest BCUT2D eigenvalue weighted by molar-refractivity contribution is 0.393. The smallest absolute Gasteiger partial charge is 0.164 e. The molecule has 0 aromatic carbocycles. The number of furan rings is 2. The molecule has 0 radical (unpaired) electrons. The first-order chi connectivity index (χ1) is 7.65. The molecule has 0 fully saturated rings. The van der Waals surface area contributed by atoms with Crippen LogP contribution >= 0.6 is 22.6 Å². The van der Waals surface area contributed by atoms with Crippen molar-refractivity contribution in [2.45, 2.75) is 26.4 Å². The zero-order chi connectivity index (χ0) is 11.5. The van der Waals surface area contributed by atoms with Gasteiger partial charge in [-0.3, -0.25) is 0 Å². The van der Waals surface area contributed by atoms with Crippen LogP contribution in [-0.2, 0) is 6.54 Å². The first-order valence-electron chi connectivity index (χ1n) is 5.19. The summed E-state index contributed by atoms with van der Waals surface area (Å²) < 4.78 is 11.9. The molecule has 0 aliphatic carbocycles. The third-order valence-electron chi connectivity index (χ3n) is 2.40. The van der Waals surface area contributed by atoms with Crippen molar-refractivity contribution < 1.29 is 8.83 Å². The highest BCUT2D eigenvalue weighted by molar-refractivity contribution is 14.1. The molecular formula is C12H14INO2. The highest BCUT2D eigenvalue weighted by atomic mass is 127. The van der Waals surface area contributed by atoms with Crippen molar-refractivity contribution in [3.8, 4) is 0 Å². The summed E-state index contributed by atoms with van der Waals surface area (Å²) >= 11 is 2.16. The van der Waals surface area contributed by atoms with E-state index in [4.69, 9.17) is 8.83 Å². The van der Waals surface area contributed by atoms with E-state index in [0.717, 1.165) is 21.0 Å². The maximum Gasteiger partial charge on any atom is 0.164 e. The molecule has 0 saturated carbocycles. The van der Waals surface area contributed by atoms with Gasteiger partial charge in [0.1, 0.15) is 17.3 Å². The number of hydrogen-bond acceptors (Lipinski definition) is 3. The van der Waals surface area contributed by atoms with Crippen LogP contribution < -0.4 is 5.32 Å². The van der Waals surface area contributed by atoms with Crippen molar-refractivity contribution in [3.63, 3.8) is 0 Å². The monoisotopic (exact) mass is 331 g/mol. The number of nitrogens with one attached hydrogen (secondary N) is 1. The van der Waals surface area contributed by atoms with Crippen molar-refractivity contribution in [3.05, 3.63) is 45.3 Å². The Morgan fingerprint density at radius 3 is 2.62 bits per heavy atom. The highest BCUT2D eigenvalue weighted by Gasteiger charge is 2.09. The Morgan fingerprint density at radius 1 is 1.25 bits per heavy atom. The Hall–Kier alpha value is -0.750. The summed E-state index contributed by atoms with van der Waals surface area (Å²) in [6, 6.07) is 8.10. The average molecular weight is 331 g/mol. The number of rotatable bonds is 4. The molecule has 2 aromatic heterocycles. The Labute approximate surface area is 108 Å². The van der Waals surface area contributed by atoms with Gasteiger partial charge in [0.05, 0.1) is 12.6 Å². The van der Waals surface area contributed by atoms with Crippen LogP contribution in [-0.4, -0.2) is 0 Å². The van der Waals surface area contributed by atoms with Crippen molar-refractivity contribution in [1.29, 1.82) is 0 Å². The van der Waals surface area contributed by atoms with Crippen LogP contribution in [0.5, 0.6) is 0 Å². The second-order valence-electron chi connectivity index (χ2n) is 3.76. The van der Waals surface area contributed by atoms with Crippen LogP contribution in [0.25, 0.3) is 0 Å². The minimum atomic E-state index is 0.191. The first kappa shape index (κ1) is 11.7. The summed E-state index contributed by atoms with van der Waals surface area (Å²) in [5.41, 5.74) is 0. The molecule has 2 heterocycles. The fraction of sp³-hybridized carbons (Fsp3) is 0.333. The van der Waals surface area contributed by atoms with Gasteiger partial charge < -0.3 is 14.2 Å². The lowest BCUT2D eigenvalue weighted by Crippen LogP contribution is -2.17. The van der Waals surface area contributed by atoms with E-state index >= 15 is 0 Å². The van der Waals surface area contributed by atoms with Gasteiger partial charge in [-0.25, -0.2) is 0 Å². The molecule has 16 heavy (non-hydrogen) atoms. The molecule has 0 saturated heterocycles. The zero-order valence-electron chi connectivity index (χ0n) is 9.29. The molecular weight excluding hydrogens is 317 g/mol. The molecule has 1 atom stereocenters. The van der Waals surface area contributed by atoms with E-state index in [-0.39, 0.29) is 6.04 Å². The number of hydrogen-bond donors (Lipinski definition) is 1. The minimum absolute atomic E-state index is 0.191. The first-order valence-corrected chi connectivity index (χ1v) is 6.27. The minimum Gasteiger partial charge on any atom is -0.465 e. The largest absolute Gasteiger partial charge is 0.465 e. The molecule has 1 N–H and O–H groups in total. The molecule has 2 aromatic rings. The van der Waals surface area contributed by atoms with Gasteiger partial charge in [0.15, 0.2) is 3.77 Å². The van der Waals surface area contributed by atoms with E-state index in [1.165, 1.54) is 0 Å². The van der Waals surface area contributed by atoms with E-state index < -0.39 is 0 Å². The molecule has 0 aliphatic rings. The van der Waals surface area contributed by atoms with E-state index in [9.17, 15) is 0 Å². The maximum atomic E-state index is 5.54. The van der Waals surface area contributed by atoms with E-state index in [2.05, 4.69) is 34.8 Å². The van der Waals surface area contributed by atoms with Crippen LogP contribution in [0, 0.1) is 10.7 Å². The average Bonchev–Trinajstić information content (AvgIpc) is 2.84. The SMILES string of the molecule is Cc1ccc(C(C)NCc2ccc(I)o2)o1.